The van der Waals surface area contributed by atoms with Crippen LogP contribution in [-0.2, 0) is 4.74 Å². The lowest BCUT2D eigenvalue weighted by Gasteiger charge is -2.34. The molecule has 2 nitrogen and oxygen atoms in total. The summed E-state index contributed by atoms with van der Waals surface area (Å²) >= 11 is 2.48. The third-order valence-corrected chi connectivity index (χ3v) is 5.23. The second-order valence-corrected chi connectivity index (χ2v) is 6.42. The lowest BCUT2D eigenvalue weighted by molar-refractivity contribution is -0.0787. The molecule has 0 spiro atoms. The molecular formula is C10H17IO2. The molecule has 0 aromatic rings. The van der Waals surface area contributed by atoms with Crippen molar-refractivity contribution in [2.75, 3.05) is 0 Å². The van der Waals surface area contributed by atoms with Gasteiger partial charge < -0.3 is 9.84 Å². The first-order chi connectivity index (χ1) is 5.91. The maximum Gasteiger partial charge on any atom is 0.0932 e. The number of aliphatic hydroxyl groups excluding tert-OH is 1. The van der Waals surface area contributed by atoms with Crippen LogP contribution in [0.25, 0.3) is 0 Å². The molecule has 0 aromatic heterocycles. The number of alkyl halides is 1. The number of hydrogen-bond acceptors (Lipinski definition) is 2. The van der Waals surface area contributed by atoms with Crippen molar-refractivity contribution in [1.29, 1.82) is 0 Å². The highest BCUT2D eigenvalue weighted by Gasteiger charge is 2.64. The molecule has 2 bridgehead atoms. The van der Waals surface area contributed by atoms with Gasteiger partial charge in [0.05, 0.1) is 17.3 Å². The normalized spacial score (nSPS) is 54.9. The van der Waals surface area contributed by atoms with Crippen LogP contribution in [0.2, 0.25) is 0 Å². The highest BCUT2D eigenvalue weighted by Crippen LogP contribution is 2.56. The molecule has 0 radical (unpaired) electrons. The van der Waals surface area contributed by atoms with Crippen molar-refractivity contribution in [3.63, 3.8) is 0 Å². The van der Waals surface area contributed by atoms with E-state index in [0.717, 1.165) is 12.8 Å². The molecule has 0 saturated carbocycles. The molecule has 1 N–H and O–H groups in total. The fourth-order valence-electron chi connectivity index (χ4n) is 2.68. The topological polar surface area (TPSA) is 29.5 Å². The van der Waals surface area contributed by atoms with E-state index in [1.165, 1.54) is 0 Å². The van der Waals surface area contributed by atoms with E-state index in [1.54, 1.807) is 0 Å². The summed E-state index contributed by atoms with van der Waals surface area (Å²) in [5, 5.41) is 9.88. The van der Waals surface area contributed by atoms with Gasteiger partial charge in [-0.05, 0) is 19.3 Å². The Hall–Kier alpha value is 0.650. The van der Waals surface area contributed by atoms with Gasteiger partial charge in [-0.25, -0.2) is 0 Å². The molecule has 2 aliphatic heterocycles. The fraction of sp³-hybridized carbons (Fsp3) is 1.00. The number of rotatable bonds is 1. The summed E-state index contributed by atoms with van der Waals surface area (Å²) in [6, 6.07) is 0. The highest BCUT2D eigenvalue weighted by molar-refractivity contribution is 14.1. The number of fused-ring (bicyclic) bond motifs is 2. The number of aliphatic hydroxyl groups is 1. The van der Waals surface area contributed by atoms with Crippen LogP contribution in [0.15, 0.2) is 0 Å². The molecule has 0 aromatic carbocycles. The summed E-state index contributed by atoms with van der Waals surface area (Å²) < 4.78 is 6.63. The summed E-state index contributed by atoms with van der Waals surface area (Å²) in [5.74, 6) is 0.494. The maximum atomic E-state index is 9.88. The van der Waals surface area contributed by atoms with Crippen LogP contribution in [0, 0.1) is 5.92 Å². The molecule has 2 fully saturated rings. The zero-order valence-electron chi connectivity index (χ0n) is 8.38. The Morgan fingerprint density at radius 2 is 2.08 bits per heavy atom. The van der Waals surface area contributed by atoms with E-state index in [4.69, 9.17) is 4.74 Å². The fourth-order valence-corrected chi connectivity index (χ4v) is 4.65. The van der Waals surface area contributed by atoms with Gasteiger partial charge in [-0.3, -0.25) is 0 Å². The number of ether oxygens (including phenoxy) is 1. The molecule has 2 aliphatic rings. The Bertz CT molecular complexity index is 231. The van der Waals surface area contributed by atoms with Crippen molar-refractivity contribution >= 4 is 22.6 Å². The molecule has 4 atom stereocenters. The van der Waals surface area contributed by atoms with Crippen molar-refractivity contribution < 1.29 is 9.84 Å². The van der Waals surface area contributed by atoms with Crippen LogP contribution < -0.4 is 0 Å². The molecule has 0 aliphatic carbocycles. The first-order valence-electron chi connectivity index (χ1n) is 4.93. The number of halogens is 1. The first kappa shape index (κ1) is 10.2. The Labute approximate surface area is 93.2 Å². The minimum Gasteiger partial charge on any atom is -0.390 e. The monoisotopic (exact) mass is 296 g/mol. The van der Waals surface area contributed by atoms with E-state index in [-0.39, 0.29) is 17.3 Å². The molecule has 3 heteroatoms. The van der Waals surface area contributed by atoms with Crippen LogP contribution in [0.3, 0.4) is 0 Å². The lowest BCUT2D eigenvalue weighted by Crippen LogP contribution is -2.43. The molecule has 2 saturated heterocycles. The average Bonchev–Trinajstić information content (AvgIpc) is 2.37. The molecule has 0 amide bonds. The minimum atomic E-state index is -0.268. The van der Waals surface area contributed by atoms with Crippen LogP contribution in [-0.4, -0.2) is 26.3 Å². The smallest absolute Gasteiger partial charge is 0.0932 e. The van der Waals surface area contributed by atoms with Gasteiger partial charge in [0, 0.05) is 10.3 Å². The third-order valence-electron chi connectivity index (χ3n) is 3.73. The van der Waals surface area contributed by atoms with Crippen LogP contribution in [0.5, 0.6) is 0 Å². The summed E-state index contributed by atoms with van der Waals surface area (Å²) in [7, 11) is 0. The lowest BCUT2D eigenvalue weighted by atomic mass is 9.76. The van der Waals surface area contributed by atoms with Gasteiger partial charge in [-0.15, -0.1) is 0 Å². The highest BCUT2D eigenvalue weighted by atomic mass is 127. The average molecular weight is 296 g/mol. The Kier molecular flexibility index (Phi) is 2.21. The van der Waals surface area contributed by atoms with Gasteiger partial charge in [-0.1, -0.05) is 36.4 Å². The van der Waals surface area contributed by atoms with E-state index in [0.29, 0.717) is 9.84 Å². The standard InChI is InChI=1S/C10H17IO2/c1-6(2)10-5-8(12)9(3,13-10)4-7(10)11/h6-8,12H,4-5H2,1-3H3/t7-,8+,9-,10+/m1/s1. The predicted octanol–water partition coefficient (Wildman–Crippen LogP) is 2.13. The van der Waals surface area contributed by atoms with Gasteiger partial charge in [0.2, 0.25) is 0 Å². The van der Waals surface area contributed by atoms with E-state index in [2.05, 4.69) is 36.4 Å². The Balaban J connectivity index is 2.32. The van der Waals surface area contributed by atoms with E-state index in [1.807, 2.05) is 6.92 Å². The summed E-state index contributed by atoms with van der Waals surface area (Å²) in [5.41, 5.74) is -0.329. The summed E-state index contributed by atoms with van der Waals surface area (Å²) in [6.07, 6.45) is 1.54. The molecule has 13 heavy (non-hydrogen) atoms. The first-order valence-corrected chi connectivity index (χ1v) is 6.17. The minimum absolute atomic E-state index is 0.0608. The molecule has 0 unspecified atom stereocenters. The van der Waals surface area contributed by atoms with Crippen LogP contribution in [0.4, 0.5) is 0 Å². The third kappa shape index (κ3) is 1.20. The second-order valence-electron chi connectivity index (χ2n) is 4.92. The maximum absolute atomic E-state index is 9.88. The number of hydrogen-bond donors (Lipinski definition) is 1. The van der Waals surface area contributed by atoms with Gasteiger partial charge in [0.25, 0.3) is 0 Å². The summed E-state index contributed by atoms with van der Waals surface area (Å²) in [4.78, 5) is 0. The van der Waals surface area contributed by atoms with Crippen molar-refractivity contribution in [3.05, 3.63) is 0 Å². The van der Waals surface area contributed by atoms with Crippen LogP contribution >= 0.6 is 22.6 Å². The Morgan fingerprint density at radius 1 is 1.46 bits per heavy atom. The van der Waals surface area contributed by atoms with Gasteiger partial charge in [0.15, 0.2) is 0 Å². The van der Waals surface area contributed by atoms with E-state index < -0.39 is 0 Å². The van der Waals surface area contributed by atoms with E-state index >= 15 is 0 Å². The Morgan fingerprint density at radius 3 is 2.38 bits per heavy atom. The van der Waals surface area contributed by atoms with Crippen molar-refractivity contribution in [2.24, 2.45) is 5.92 Å². The second kappa shape index (κ2) is 2.83. The molecule has 2 heterocycles. The zero-order chi connectivity index (χ0) is 9.85. The largest absolute Gasteiger partial charge is 0.390 e. The van der Waals surface area contributed by atoms with Gasteiger partial charge in [0.1, 0.15) is 0 Å². The van der Waals surface area contributed by atoms with E-state index in [9.17, 15) is 5.11 Å². The molecule has 2 rings (SSSR count). The van der Waals surface area contributed by atoms with Crippen molar-refractivity contribution in [1.82, 2.24) is 0 Å². The van der Waals surface area contributed by atoms with Crippen molar-refractivity contribution in [3.8, 4) is 0 Å². The molecule has 76 valence electrons. The predicted molar refractivity (Wildman–Crippen MR) is 60.1 cm³/mol. The zero-order valence-corrected chi connectivity index (χ0v) is 10.5. The summed E-state index contributed by atoms with van der Waals surface area (Å²) in [6.45, 7) is 6.42. The SMILES string of the molecule is CC(C)[C@@]12C[C@H](O)[C@@](C)(C[C@H]1I)O2. The van der Waals surface area contributed by atoms with Gasteiger partial charge in [-0.2, -0.15) is 0 Å². The quantitative estimate of drug-likeness (QED) is 0.593. The molecular weight excluding hydrogens is 279 g/mol. The van der Waals surface area contributed by atoms with Crippen molar-refractivity contribution in [2.45, 2.75) is 54.8 Å². The van der Waals surface area contributed by atoms with Gasteiger partial charge >= 0.3 is 0 Å². The van der Waals surface area contributed by atoms with Crippen LogP contribution in [0.1, 0.15) is 33.6 Å².